The summed E-state index contributed by atoms with van der Waals surface area (Å²) in [6, 6.07) is 65.5. The van der Waals surface area contributed by atoms with E-state index in [0.717, 1.165) is 61.3 Å². The van der Waals surface area contributed by atoms with E-state index in [1.165, 1.54) is 36.5 Å². The van der Waals surface area contributed by atoms with Gasteiger partial charge in [0, 0.05) is 70.5 Å². The maximum Gasteiger partial charge on any atom is 0.137 e. The van der Waals surface area contributed by atoms with Gasteiger partial charge in [0.2, 0.25) is 0 Å². The van der Waals surface area contributed by atoms with Crippen LogP contribution in [0.2, 0.25) is 0 Å². The molecule has 4 heteroatoms. The summed E-state index contributed by atoms with van der Waals surface area (Å²) in [6.45, 7) is 0. The first-order valence-corrected chi connectivity index (χ1v) is 18.4. The van der Waals surface area contributed by atoms with Gasteiger partial charge in [-0.1, -0.05) is 109 Å². The largest absolute Gasteiger partial charge is 0.456 e. The van der Waals surface area contributed by atoms with Gasteiger partial charge in [0.25, 0.3) is 0 Å². The van der Waals surface area contributed by atoms with Crippen LogP contribution in [0.15, 0.2) is 186 Å². The molecule has 11 rings (SSSR count). The predicted octanol–water partition coefficient (Wildman–Crippen LogP) is 14.2. The van der Waals surface area contributed by atoms with Gasteiger partial charge in [0.1, 0.15) is 11.2 Å². The summed E-state index contributed by atoms with van der Waals surface area (Å²) in [5.74, 6) is 0. The Balaban J connectivity index is 1.25. The minimum atomic E-state index is 0.888. The Morgan fingerprint density at radius 2 is 1.10 bits per heavy atom. The molecule has 0 amide bonds. The van der Waals surface area contributed by atoms with E-state index in [1.807, 2.05) is 17.4 Å². The molecule has 0 bridgehead atoms. The highest BCUT2D eigenvalue weighted by Crippen LogP contribution is 2.45. The van der Waals surface area contributed by atoms with E-state index in [2.05, 4.69) is 185 Å². The predicted molar refractivity (Wildman–Crippen MR) is 221 cm³/mol. The van der Waals surface area contributed by atoms with Crippen molar-refractivity contribution in [3.8, 4) is 16.8 Å². The van der Waals surface area contributed by atoms with Gasteiger partial charge >= 0.3 is 0 Å². The molecule has 0 spiro atoms. The lowest BCUT2D eigenvalue weighted by atomic mass is 10.0. The van der Waals surface area contributed by atoms with Gasteiger partial charge in [-0.25, -0.2) is 0 Å². The van der Waals surface area contributed by atoms with Crippen molar-refractivity contribution in [2.24, 2.45) is 0 Å². The van der Waals surface area contributed by atoms with Crippen LogP contribution >= 0.6 is 11.3 Å². The number of hydrogen-bond donors (Lipinski definition) is 0. The van der Waals surface area contributed by atoms with E-state index in [-0.39, 0.29) is 0 Å². The summed E-state index contributed by atoms with van der Waals surface area (Å²) in [4.78, 5) is 2.36. The standard InChI is InChI=1S/C48H30N2OS/c1-3-14-32(15-4-1)49(33-16-5-2-6-17-33)34-26-31(36-21-13-22-40-39-20-9-12-25-47(39)52-48(36)40)27-35(28-34)50-43-23-10-7-18-37(43)41-29-42-38-19-8-11-24-45(38)51-46(42)30-44(41)50/h1-30H. The van der Waals surface area contributed by atoms with E-state index in [1.54, 1.807) is 0 Å². The SMILES string of the molecule is c1ccc(N(c2ccccc2)c2cc(-c3cccc4c3sc3ccccc34)cc(-n3c4ccccc4c4cc5c(cc43)oc3ccccc35)c2)cc1. The molecule has 8 aromatic carbocycles. The van der Waals surface area contributed by atoms with Gasteiger partial charge in [0.15, 0.2) is 0 Å². The van der Waals surface area contributed by atoms with Crippen molar-refractivity contribution >= 4 is 92.3 Å². The lowest BCUT2D eigenvalue weighted by molar-refractivity contribution is 0.669. The molecule has 0 fully saturated rings. The molecule has 3 aromatic heterocycles. The summed E-state index contributed by atoms with van der Waals surface area (Å²) in [5.41, 5.74) is 10.8. The average Bonchev–Trinajstić information content (AvgIpc) is 3.87. The van der Waals surface area contributed by atoms with E-state index in [4.69, 9.17) is 4.42 Å². The molecule has 3 nitrogen and oxygen atoms in total. The van der Waals surface area contributed by atoms with Gasteiger partial charge < -0.3 is 13.9 Å². The second-order valence-corrected chi connectivity index (χ2v) is 14.4. The molecule has 3 heterocycles. The quantitative estimate of drug-likeness (QED) is 0.180. The third-order valence-electron chi connectivity index (χ3n) is 10.3. The van der Waals surface area contributed by atoms with Crippen LogP contribution in [0.5, 0.6) is 0 Å². The number of hydrogen-bond acceptors (Lipinski definition) is 3. The Labute approximate surface area is 303 Å². The molecular formula is C48H30N2OS. The average molecular weight is 683 g/mol. The molecule has 0 saturated heterocycles. The maximum absolute atomic E-state index is 6.47. The third-order valence-corrected chi connectivity index (χ3v) is 11.6. The normalized spacial score (nSPS) is 11.8. The van der Waals surface area contributed by atoms with Crippen molar-refractivity contribution in [3.05, 3.63) is 182 Å². The number of benzene rings is 8. The van der Waals surface area contributed by atoms with Gasteiger partial charge in [-0.05, 0) is 77.9 Å². The molecule has 0 radical (unpaired) electrons. The fourth-order valence-corrected chi connectivity index (χ4v) is 9.29. The molecule has 0 saturated carbocycles. The molecule has 52 heavy (non-hydrogen) atoms. The van der Waals surface area contributed by atoms with Gasteiger partial charge in [0.05, 0.1) is 11.0 Å². The van der Waals surface area contributed by atoms with E-state index >= 15 is 0 Å². The first kappa shape index (κ1) is 29.1. The third kappa shape index (κ3) is 4.45. The highest BCUT2D eigenvalue weighted by molar-refractivity contribution is 7.26. The van der Waals surface area contributed by atoms with E-state index in [9.17, 15) is 0 Å². The lowest BCUT2D eigenvalue weighted by Gasteiger charge is -2.27. The van der Waals surface area contributed by atoms with Crippen LogP contribution in [0.4, 0.5) is 17.1 Å². The van der Waals surface area contributed by atoms with Crippen LogP contribution in [-0.2, 0) is 0 Å². The molecule has 0 atom stereocenters. The van der Waals surface area contributed by atoms with Crippen molar-refractivity contribution in [2.75, 3.05) is 4.90 Å². The maximum atomic E-state index is 6.47. The molecule has 0 aliphatic rings. The van der Waals surface area contributed by atoms with E-state index in [0.29, 0.717) is 0 Å². The van der Waals surface area contributed by atoms with Gasteiger partial charge in [-0.2, -0.15) is 0 Å². The minimum absolute atomic E-state index is 0.888. The highest BCUT2D eigenvalue weighted by Gasteiger charge is 2.21. The van der Waals surface area contributed by atoms with Crippen LogP contribution in [0.1, 0.15) is 0 Å². The number of nitrogens with zero attached hydrogens (tertiary/aromatic N) is 2. The molecule has 0 N–H and O–H groups in total. The first-order valence-electron chi connectivity index (χ1n) is 17.6. The van der Waals surface area contributed by atoms with Crippen molar-refractivity contribution in [1.82, 2.24) is 4.57 Å². The van der Waals surface area contributed by atoms with Crippen molar-refractivity contribution in [2.45, 2.75) is 0 Å². The number of anilines is 3. The van der Waals surface area contributed by atoms with Crippen LogP contribution in [0.3, 0.4) is 0 Å². The molecule has 0 unspecified atom stereocenters. The number of rotatable bonds is 5. The molecular weight excluding hydrogens is 653 g/mol. The zero-order chi connectivity index (χ0) is 34.2. The monoisotopic (exact) mass is 682 g/mol. The van der Waals surface area contributed by atoms with Gasteiger partial charge in [-0.15, -0.1) is 11.3 Å². The number of furan rings is 1. The van der Waals surface area contributed by atoms with Crippen LogP contribution in [0, 0.1) is 0 Å². The topological polar surface area (TPSA) is 21.3 Å². The van der Waals surface area contributed by atoms with Crippen molar-refractivity contribution in [3.63, 3.8) is 0 Å². The smallest absolute Gasteiger partial charge is 0.137 e. The Morgan fingerprint density at radius 1 is 0.423 bits per heavy atom. The van der Waals surface area contributed by atoms with Gasteiger partial charge in [-0.3, -0.25) is 0 Å². The van der Waals surface area contributed by atoms with E-state index < -0.39 is 0 Å². The first-order chi connectivity index (χ1) is 25.8. The fraction of sp³-hybridized carbons (Fsp3) is 0. The Bertz CT molecular complexity index is 3090. The number of fused-ring (bicyclic) bond motifs is 9. The number of thiophene rings is 1. The summed E-state index contributed by atoms with van der Waals surface area (Å²) in [6.07, 6.45) is 0. The lowest BCUT2D eigenvalue weighted by Crippen LogP contribution is -2.10. The molecule has 0 aliphatic carbocycles. The molecule has 11 aromatic rings. The summed E-state index contributed by atoms with van der Waals surface area (Å²) >= 11 is 1.87. The van der Waals surface area contributed by atoms with Crippen molar-refractivity contribution in [1.29, 1.82) is 0 Å². The zero-order valence-electron chi connectivity index (χ0n) is 28.0. The molecule has 244 valence electrons. The molecule has 0 aliphatic heterocycles. The zero-order valence-corrected chi connectivity index (χ0v) is 28.8. The fourth-order valence-electron chi connectivity index (χ4n) is 8.05. The summed E-state index contributed by atoms with van der Waals surface area (Å²) in [7, 11) is 0. The second-order valence-electron chi connectivity index (χ2n) is 13.3. The number of para-hydroxylation sites is 4. The van der Waals surface area contributed by atoms with Crippen molar-refractivity contribution < 1.29 is 4.42 Å². The summed E-state index contributed by atoms with van der Waals surface area (Å²) < 4.78 is 11.5. The Hall–Kier alpha value is -6.62. The number of aromatic nitrogens is 1. The minimum Gasteiger partial charge on any atom is -0.456 e. The highest BCUT2D eigenvalue weighted by atomic mass is 32.1. The second kappa shape index (κ2) is 11.5. The van der Waals surface area contributed by atoms with Crippen LogP contribution in [0.25, 0.3) is 80.7 Å². The van der Waals surface area contributed by atoms with Crippen LogP contribution in [-0.4, -0.2) is 4.57 Å². The summed E-state index contributed by atoms with van der Waals surface area (Å²) in [5, 5.41) is 7.28. The Morgan fingerprint density at radius 3 is 1.90 bits per heavy atom. The van der Waals surface area contributed by atoms with Crippen LogP contribution < -0.4 is 4.90 Å². The Kier molecular flexibility index (Phi) is 6.42.